The lowest BCUT2D eigenvalue weighted by molar-refractivity contribution is 1.10. The standard InChI is InChI=1S/C9H9N3O/c1-5-3-7-6(2)10-4-11-8(7)12-9(5)13/h3-4H,1-2H3,(H,10,11,12,13). The molecule has 4 nitrogen and oxygen atoms in total. The molecule has 0 bridgehead atoms. The lowest BCUT2D eigenvalue weighted by Crippen LogP contribution is -2.10. The first-order valence-corrected chi connectivity index (χ1v) is 4.00. The maximum Gasteiger partial charge on any atom is 0.252 e. The van der Waals surface area contributed by atoms with Gasteiger partial charge in [0.2, 0.25) is 0 Å². The van der Waals surface area contributed by atoms with E-state index in [1.807, 2.05) is 13.0 Å². The number of fused-ring (bicyclic) bond motifs is 1. The molecule has 0 aliphatic rings. The van der Waals surface area contributed by atoms with E-state index >= 15 is 0 Å². The number of nitrogens with one attached hydrogen (secondary N) is 1. The highest BCUT2D eigenvalue weighted by atomic mass is 16.1. The number of hydrogen-bond donors (Lipinski definition) is 1. The highest BCUT2D eigenvalue weighted by molar-refractivity contribution is 5.76. The number of pyridine rings is 1. The van der Waals surface area contributed by atoms with E-state index in [9.17, 15) is 4.79 Å². The summed E-state index contributed by atoms with van der Waals surface area (Å²) < 4.78 is 0. The molecule has 2 heterocycles. The third kappa shape index (κ3) is 1.20. The van der Waals surface area contributed by atoms with Crippen LogP contribution in [-0.2, 0) is 0 Å². The molecule has 0 amide bonds. The second-order valence-electron chi connectivity index (χ2n) is 3.00. The van der Waals surface area contributed by atoms with E-state index in [4.69, 9.17) is 0 Å². The van der Waals surface area contributed by atoms with Crippen LogP contribution in [0.1, 0.15) is 11.3 Å². The van der Waals surface area contributed by atoms with Crippen LogP contribution < -0.4 is 5.56 Å². The summed E-state index contributed by atoms with van der Waals surface area (Å²) >= 11 is 0. The Balaban J connectivity index is 2.97. The van der Waals surface area contributed by atoms with Gasteiger partial charge >= 0.3 is 0 Å². The van der Waals surface area contributed by atoms with Gasteiger partial charge in [-0.05, 0) is 19.9 Å². The molecule has 1 N–H and O–H groups in total. The Morgan fingerprint density at radius 2 is 2.08 bits per heavy atom. The summed E-state index contributed by atoms with van der Waals surface area (Å²) in [5, 5.41) is 0.902. The average Bonchev–Trinajstić information content (AvgIpc) is 2.09. The van der Waals surface area contributed by atoms with Gasteiger partial charge in [0.1, 0.15) is 12.0 Å². The van der Waals surface area contributed by atoms with E-state index in [1.54, 1.807) is 6.92 Å². The van der Waals surface area contributed by atoms with Crippen molar-refractivity contribution in [2.24, 2.45) is 0 Å². The van der Waals surface area contributed by atoms with Gasteiger partial charge in [0, 0.05) is 10.9 Å². The van der Waals surface area contributed by atoms with Crippen molar-refractivity contribution in [3.63, 3.8) is 0 Å². The fourth-order valence-corrected chi connectivity index (χ4v) is 1.24. The molecule has 0 aliphatic heterocycles. The third-order valence-electron chi connectivity index (χ3n) is 2.03. The first-order valence-electron chi connectivity index (χ1n) is 4.00. The van der Waals surface area contributed by atoms with Gasteiger partial charge < -0.3 is 4.98 Å². The SMILES string of the molecule is Cc1cc2c(C)ncnc2[nH]c1=O. The lowest BCUT2D eigenvalue weighted by Gasteiger charge is -1.99. The maximum absolute atomic E-state index is 11.2. The molecule has 4 heteroatoms. The Morgan fingerprint density at radius 1 is 1.31 bits per heavy atom. The number of H-pyrrole nitrogens is 1. The first kappa shape index (κ1) is 7.91. The van der Waals surface area contributed by atoms with Gasteiger partial charge in [-0.1, -0.05) is 0 Å². The Morgan fingerprint density at radius 3 is 2.85 bits per heavy atom. The summed E-state index contributed by atoms with van der Waals surface area (Å²) in [5.74, 6) is 0. The van der Waals surface area contributed by atoms with E-state index in [2.05, 4.69) is 15.0 Å². The number of nitrogens with zero attached hydrogens (tertiary/aromatic N) is 2. The third-order valence-corrected chi connectivity index (χ3v) is 2.03. The van der Waals surface area contributed by atoms with Crippen LogP contribution in [0.4, 0.5) is 0 Å². The summed E-state index contributed by atoms with van der Waals surface area (Å²) in [6.07, 6.45) is 1.45. The van der Waals surface area contributed by atoms with Crippen molar-refractivity contribution in [1.29, 1.82) is 0 Å². The zero-order valence-corrected chi connectivity index (χ0v) is 7.46. The molecule has 0 fully saturated rings. The average molecular weight is 175 g/mol. The van der Waals surface area contributed by atoms with Crippen molar-refractivity contribution in [1.82, 2.24) is 15.0 Å². The van der Waals surface area contributed by atoms with Crippen LogP contribution in [-0.4, -0.2) is 15.0 Å². The van der Waals surface area contributed by atoms with Crippen molar-refractivity contribution in [3.05, 3.63) is 34.0 Å². The van der Waals surface area contributed by atoms with Gasteiger partial charge in [-0.25, -0.2) is 9.97 Å². The number of hydrogen-bond acceptors (Lipinski definition) is 3. The highest BCUT2D eigenvalue weighted by Crippen LogP contribution is 2.09. The Bertz CT molecular complexity index is 516. The molecule has 13 heavy (non-hydrogen) atoms. The van der Waals surface area contributed by atoms with E-state index in [0.29, 0.717) is 11.2 Å². The summed E-state index contributed by atoms with van der Waals surface area (Å²) in [5.41, 5.74) is 2.07. The minimum Gasteiger partial charge on any atom is -0.306 e. The van der Waals surface area contributed by atoms with Crippen molar-refractivity contribution in [3.8, 4) is 0 Å². The molecule has 0 spiro atoms. The molecule has 0 saturated carbocycles. The lowest BCUT2D eigenvalue weighted by atomic mass is 10.2. The van der Waals surface area contributed by atoms with Crippen molar-refractivity contribution >= 4 is 11.0 Å². The monoisotopic (exact) mass is 175 g/mol. The predicted octanol–water partition coefficient (Wildman–Crippen LogP) is 0.935. The molecule has 2 aromatic heterocycles. The minimum absolute atomic E-state index is 0.0920. The molecule has 0 aromatic carbocycles. The molecular formula is C9H9N3O. The van der Waals surface area contributed by atoms with Gasteiger partial charge in [-0.2, -0.15) is 0 Å². The maximum atomic E-state index is 11.2. The molecule has 0 saturated heterocycles. The fraction of sp³-hybridized carbons (Fsp3) is 0.222. The smallest absolute Gasteiger partial charge is 0.252 e. The van der Waals surface area contributed by atoms with Crippen LogP contribution in [0.15, 0.2) is 17.2 Å². The van der Waals surface area contributed by atoms with Crippen LogP contribution >= 0.6 is 0 Å². The minimum atomic E-state index is -0.0920. The van der Waals surface area contributed by atoms with Crippen molar-refractivity contribution < 1.29 is 0 Å². The summed E-state index contributed by atoms with van der Waals surface area (Å²) in [4.78, 5) is 21.9. The summed E-state index contributed by atoms with van der Waals surface area (Å²) in [6.45, 7) is 3.66. The first-order chi connectivity index (χ1) is 6.18. The second-order valence-corrected chi connectivity index (χ2v) is 3.00. The van der Waals surface area contributed by atoms with Crippen LogP contribution in [0.25, 0.3) is 11.0 Å². The van der Waals surface area contributed by atoms with Crippen LogP contribution in [0.3, 0.4) is 0 Å². The number of aromatic amines is 1. The van der Waals surface area contributed by atoms with E-state index in [0.717, 1.165) is 11.1 Å². The van der Waals surface area contributed by atoms with E-state index in [1.165, 1.54) is 6.33 Å². The fourth-order valence-electron chi connectivity index (χ4n) is 1.24. The Hall–Kier alpha value is -1.71. The molecule has 0 unspecified atom stereocenters. The van der Waals surface area contributed by atoms with Gasteiger partial charge in [-0.3, -0.25) is 4.79 Å². The molecule has 2 aromatic rings. The normalized spacial score (nSPS) is 10.6. The molecule has 0 aliphatic carbocycles. The molecular weight excluding hydrogens is 166 g/mol. The van der Waals surface area contributed by atoms with E-state index in [-0.39, 0.29) is 5.56 Å². The number of aromatic nitrogens is 3. The van der Waals surface area contributed by atoms with Crippen LogP contribution in [0, 0.1) is 13.8 Å². The Kier molecular flexibility index (Phi) is 1.62. The van der Waals surface area contributed by atoms with Gasteiger partial charge in [-0.15, -0.1) is 0 Å². The molecule has 0 radical (unpaired) electrons. The van der Waals surface area contributed by atoms with Crippen LogP contribution in [0.2, 0.25) is 0 Å². The summed E-state index contributed by atoms with van der Waals surface area (Å²) in [6, 6.07) is 1.81. The van der Waals surface area contributed by atoms with Gasteiger partial charge in [0.25, 0.3) is 5.56 Å². The largest absolute Gasteiger partial charge is 0.306 e. The zero-order chi connectivity index (χ0) is 9.42. The zero-order valence-electron chi connectivity index (χ0n) is 7.46. The molecule has 0 atom stereocenters. The summed E-state index contributed by atoms with van der Waals surface area (Å²) in [7, 11) is 0. The topological polar surface area (TPSA) is 58.6 Å². The van der Waals surface area contributed by atoms with Crippen molar-refractivity contribution in [2.45, 2.75) is 13.8 Å². The van der Waals surface area contributed by atoms with Crippen LogP contribution in [0.5, 0.6) is 0 Å². The Labute approximate surface area is 74.7 Å². The van der Waals surface area contributed by atoms with Gasteiger partial charge in [0.15, 0.2) is 0 Å². The number of rotatable bonds is 0. The predicted molar refractivity (Wildman–Crippen MR) is 49.6 cm³/mol. The van der Waals surface area contributed by atoms with Crippen molar-refractivity contribution in [2.75, 3.05) is 0 Å². The highest BCUT2D eigenvalue weighted by Gasteiger charge is 2.01. The molecule has 2 rings (SSSR count). The second kappa shape index (κ2) is 2.65. The van der Waals surface area contributed by atoms with E-state index < -0.39 is 0 Å². The number of aryl methyl sites for hydroxylation is 2. The van der Waals surface area contributed by atoms with Gasteiger partial charge in [0.05, 0.1) is 5.69 Å². The quantitative estimate of drug-likeness (QED) is 0.648. The molecule has 66 valence electrons.